The van der Waals surface area contributed by atoms with Crippen molar-refractivity contribution in [2.24, 2.45) is 52.3 Å². The van der Waals surface area contributed by atoms with E-state index in [4.69, 9.17) is 14.2 Å². The normalized spacial score (nSPS) is 37.1. The van der Waals surface area contributed by atoms with Crippen LogP contribution in [0.2, 0.25) is 0 Å². The Morgan fingerprint density at radius 3 is 2.31 bits per heavy atom. The predicted octanol–water partition coefficient (Wildman–Crippen LogP) is 11.6. The molecule has 3 N–H and O–H groups in total. The van der Waals surface area contributed by atoms with Crippen molar-refractivity contribution in [1.29, 1.82) is 0 Å². The first-order valence-electron chi connectivity index (χ1n) is 24.5. The van der Waals surface area contributed by atoms with E-state index in [-0.39, 0.29) is 24.1 Å². The van der Waals surface area contributed by atoms with E-state index >= 15 is 0 Å². The monoisotopic (exact) mass is 823 g/mol. The van der Waals surface area contributed by atoms with Gasteiger partial charge in [0.2, 0.25) is 0 Å². The van der Waals surface area contributed by atoms with Crippen LogP contribution in [-0.2, 0) is 19.0 Å². The van der Waals surface area contributed by atoms with Crippen LogP contribution in [0.3, 0.4) is 0 Å². The van der Waals surface area contributed by atoms with Gasteiger partial charge in [-0.1, -0.05) is 129 Å². The van der Waals surface area contributed by atoms with E-state index in [0.29, 0.717) is 35.5 Å². The van der Waals surface area contributed by atoms with Gasteiger partial charge in [0.1, 0.15) is 31.0 Å². The van der Waals surface area contributed by atoms with Crippen LogP contribution in [0.15, 0.2) is 48.1 Å². The van der Waals surface area contributed by atoms with Crippen LogP contribution >= 0.6 is 0 Å². The van der Waals surface area contributed by atoms with Gasteiger partial charge in [-0.05, 0) is 142 Å². The number of unbranched alkanes of at least 4 members (excludes halogenated alkanes) is 7. The van der Waals surface area contributed by atoms with Crippen molar-refractivity contribution in [3.05, 3.63) is 48.1 Å². The van der Waals surface area contributed by atoms with Gasteiger partial charge in [0, 0.05) is 6.42 Å². The Hall–Kier alpha value is -1.77. The summed E-state index contributed by atoms with van der Waals surface area (Å²) in [6, 6.07) is 0. The lowest BCUT2D eigenvalue weighted by Crippen LogP contribution is -2.60. The molecule has 0 aromatic carbocycles. The van der Waals surface area contributed by atoms with Crippen LogP contribution in [0.5, 0.6) is 0 Å². The number of carbonyl (C=O) groups is 1. The zero-order valence-corrected chi connectivity index (χ0v) is 38.4. The molecule has 5 aliphatic rings. The van der Waals surface area contributed by atoms with E-state index in [1.165, 1.54) is 56.9 Å². The largest absolute Gasteiger partial charge is 0.463 e. The molecule has 3 saturated carbocycles. The highest BCUT2D eigenvalue weighted by Crippen LogP contribution is 2.67. The summed E-state index contributed by atoms with van der Waals surface area (Å²) in [5.41, 5.74) is 2.04. The summed E-state index contributed by atoms with van der Waals surface area (Å²) in [4.78, 5) is 12.6. The van der Waals surface area contributed by atoms with Crippen molar-refractivity contribution in [1.82, 2.24) is 0 Å². The molecular formula is C52H86O7. The van der Waals surface area contributed by atoms with E-state index in [1.807, 2.05) is 0 Å². The average molecular weight is 823 g/mol. The second-order valence-corrected chi connectivity index (χ2v) is 20.4. The Morgan fingerprint density at radius 1 is 0.847 bits per heavy atom. The van der Waals surface area contributed by atoms with Gasteiger partial charge < -0.3 is 29.5 Å². The number of carbonyl (C=O) groups excluding carboxylic acids is 1. The maximum absolute atomic E-state index is 12.6. The Kier molecular flexibility index (Phi) is 18.9. The molecule has 0 aromatic heterocycles. The Labute approximate surface area is 359 Å². The van der Waals surface area contributed by atoms with Gasteiger partial charge in [0.05, 0.1) is 6.10 Å². The van der Waals surface area contributed by atoms with E-state index in [2.05, 4.69) is 91.0 Å². The molecule has 14 atom stereocenters. The molecule has 0 amide bonds. The summed E-state index contributed by atoms with van der Waals surface area (Å²) in [5.74, 6) is 4.58. The summed E-state index contributed by atoms with van der Waals surface area (Å²) >= 11 is 0. The lowest BCUT2D eigenvalue weighted by molar-refractivity contribution is -0.313. The summed E-state index contributed by atoms with van der Waals surface area (Å²) in [5, 5.41) is 32.5. The van der Waals surface area contributed by atoms with Crippen LogP contribution < -0.4 is 0 Å². The standard InChI is InChI=1S/C52H86O7/c1-8-10-11-12-13-14-15-16-17-18-19-20-21-22-23-46(53)57-35-45-47(54)48(55)49(56)50(59-45)58-40-30-32-51(6)39(34-40)26-27-41-43-29-28-42(52(43,7)33-31-44(41)51)37(5)24-25-38(9-2)36(3)4/h12-13,15-16,24-26,36-38,40-45,47-50,54-56H,8-11,14,17-23,27-35H2,1-7H3/b13-12-,16-15-,25-24+. The second-order valence-electron chi connectivity index (χ2n) is 20.4. The molecule has 5 rings (SSSR count). The van der Waals surface area contributed by atoms with Gasteiger partial charge in [0.15, 0.2) is 6.29 Å². The van der Waals surface area contributed by atoms with Gasteiger partial charge >= 0.3 is 5.97 Å². The molecule has 0 bridgehead atoms. The maximum Gasteiger partial charge on any atom is 0.305 e. The first-order chi connectivity index (χ1) is 28.3. The molecule has 4 fully saturated rings. The number of esters is 1. The fourth-order valence-electron chi connectivity index (χ4n) is 12.4. The third-order valence-corrected chi connectivity index (χ3v) is 16.2. The predicted molar refractivity (Wildman–Crippen MR) is 239 cm³/mol. The number of aliphatic hydroxyl groups is 3. The third kappa shape index (κ3) is 12.2. The van der Waals surface area contributed by atoms with Gasteiger partial charge in [-0.3, -0.25) is 4.79 Å². The lowest BCUT2D eigenvalue weighted by Gasteiger charge is -2.58. The van der Waals surface area contributed by atoms with E-state index in [0.717, 1.165) is 88.4 Å². The quantitative estimate of drug-likeness (QED) is 0.0567. The Balaban J connectivity index is 1.05. The number of fused-ring (bicyclic) bond motifs is 5. The molecule has 0 aromatic rings. The van der Waals surface area contributed by atoms with E-state index in [9.17, 15) is 20.1 Å². The minimum absolute atomic E-state index is 0.153. The van der Waals surface area contributed by atoms with E-state index in [1.54, 1.807) is 0 Å². The highest BCUT2D eigenvalue weighted by atomic mass is 16.7. The molecule has 4 aliphatic carbocycles. The van der Waals surface area contributed by atoms with Crippen molar-refractivity contribution < 1.29 is 34.3 Å². The molecule has 1 heterocycles. The zero-order chi connectivity index (χ0) is 42.6. The van der Waals surface area contributed by atoms with Crippen molar-refractivity contribution in [3.8, 4) is 0 Å². The number of hydrogen-bond acceptors (Lipinski definition) is 7. The number of allylic oxidation sites excluding steroid dienone is 7. The van der Waals surface area contributed by atoms with Gasteiger partial charge in [0.25, 0.3) is 0 Å². The Morgan fingerprint density at radius 2 is 1.58 bits per heavy atom. The van der Waals surface area contributed by atoms with Crippen LogP contribution in [0.1, 0.15) is 177 Å². The summed E-state index contributed by atoms with van der Waals surface area (Å²) in [6.45, 7) is 16.7. The molecule has 0 spiro atoms. The highest BCUT2D eigenvalue weighted by molar-refractivity contribution is 5.69. The van der Waals surface area contributed by atoms with E-state index < -0.39 is 30.7 Å². The number of ether oxygens (including phenoxy) is 3. The maximum atomic E-state index is 12.6. The Bertz CT molecular complexity index is 1400. The molecule has 7 heteroatoms. The molecule has 336 valence electrons. The van der Waals surface area contributed by atoms with Gasteiger partial charge in [-0.2, -0.15) is 0 Å². The molecule has 0 radical (unpaired) electrons. The highest BCUT2D eigenvalue weighted by Gasteiger charge is 2.59. The van der Waals surface area contributed by atoms with Crippen molar-refractivity contribution >= 4 is 5.97 Å². The average Bonchev–Trinajstić information content (AvgIpc) is 3.58. The van der Waals surface area contributed by atoms with Gasteiger partial charge in [-0.25, -0.2) is 0 Å². The van der Waals surface area contributed by atoms with Crippen LogP contribution in [0.25, 0.3) is 0 Å². The SMILES string of the molecule is CCCC/C=C\C/C=C\CCCCCCCC(=O)OCC1OC(OC2CCC3(C)C(=CCC4C3CCC3(C)C(C(C)/C=C/C(CC)C(C)C)CCC43)C2)C(O)C(O)C1O. The fourth-order valence-corrected chi connectivity index (χ4v) is 12.4. The van der Waals surface area contributed by atoms with Crippen molar-refractivity contribution in [2.45, 2.75) is 214 Å². The first kappa shape index (κ1) is 48.3. The number of rotatable bonds is 22. The molecule has 59 heavy (non-hydrogen) atoms. The zero-order valence-electron chi connectivity index (χ0n) is 38.4. The molecule has 1 saturated heterocycles. The minimum atomic E-state index is -1.45. The molecule has 1 aliphatic heterocycles. The molecule has 7 nitrogen and oxygen atoms in total. The summed E-state index contributed by atoms with van der Waals surface area (Å²) in [6.07, 6.45) is 31.8. The smallest absolute Gasteiger partial charge is 0.305 e. The third-order valence-electron chi connectivity index (χ3n) is 16.2. The number of aliphatic hydroxyl groups excluding tert-OH is 3. The van der Waals surface area contributed by atoms with Crippen LogP contribution in [0, 0.1) is 52.3 Å². The second kappa shape index (κ2) is 23.1. The summed E-state index contributed by atoms with van der Waals surface area (Å²) < 4.78 is 18.0. The fraction of sp³-hybridized carbons (Fsp3) is 0.827. The van der Waals surface area contributed by atoms with Crippen molar-refractivity contribution in [2.75, 3.05) is 6.61 Å². The number of hydrogen-bond donors (Lipinski definition) is 3. The first-order valence-corrected chi connectivity index (χ1v) is 24.5. The lowest BCUT2D eigenvalue weighted by atomic mass is 9.47. The summed E-state index contributed by atoms with van der Waals surface area (Å²) in [7, 11) is 0. The van der Waals surface area contributed by atoms with Crippen molar-refractivity contribution in [3.63, 3.8) is 0 Å². The molecule has 14 unspecified atom stereocenters. The van der Waals surface area contributed by atoms with Crippen LogP contribution in [0.4, 0.5) is 0 Å². The topological polar surface area (TPSA) is 105 Å². The van der Waals surface area contributed by atoms with Gasteiger partial charge in [-0.15, -0.1) is 0 Å². The van der Waals surface area contributed by atoms with Crippen LogP contribution in [-0.4, -0.2) is 64.7 Å². The molecular weight excluding hydrogens is 737 g/mol. The minimum Gasteiger partial charge on any atom is -0.463 e.